The van der Waals surface area contributed by atoms with Crippen molar-refractivity contribution in [3.05, 3.63) is 76.6 Å². The Balaban J connectivity index is 1.56. The summed E-state index contributed by atoms with van der Waals surface area (Å²) in [6.07, 6.45) is -0.359. The average molecular weight is 522 g/mol. The van der Waals surface area contributed by atoms with Crippen molar-refractivity contribution in [3.63, 3.8) is 0 Å². The third-order valence-electron chi connectivity index (χ3n) is 5.81. The molecule has 0 spiro atoms. The summed E-state index contributed by atoms with van der Waals surface area (Å²) >= 11 is 2.83. The molecular formula is C27H31N5O2S2. The second-order valence-corrected chi connectivity index (χ2v) is 11.4. The van der Waals surface area contributed by atoms with Crippen LogP contribution in [0.5, 0.6) is 5.75 Å². The van der Waals surface area contributed by atoms with Crippen LogP contribution in [0.2, 0.25) is 0 Å². The van der Waals surface area contributed by atoms with E-state index in [1.807, 2.05) is 74.7 Å². The summed E-state index contributed by atoms with van der Waals surface area (Å²) < 4.78 is 8.19. The van der Waals surface area contributed by atoms with Crippen LogP contribution in [0, 0.1) is 13.8 Å². The molecule has 36 heavy (non-hydrogen) atoms. The summed E-state index contributed by atoms with van der Waals surface area (Å²) in [7, 11) is 0. The van der Waals surface area contributed by atoms with Gasteiger partial charge in [0.2, 0.25) is 5.91 Å². The van der Waals surface area contributed by atoms with Crippen molar-refractivity contribution in [1.29, 1.82) is 0 Å². The van der Waals surface area contributed by atoms with Crippen LogP contribution >= 0.6 is 23.1 Å². The number of thiazole rings is 1. The van der Waals surface area contributed by atoms with E-state index in [1.165, 1.54) is 28.7 Å². The molecule has 2 aromatic heterocycles. The van der Waals surface area contributed by atoms with E-state index >= 15 is 0 Å². The molecule has 0 fully saturated rings. The van der Waals surface area contributed by atoms with Crippen LogP contribution in [0.1, 0.15) is 61.7 Å². The number of thioether (sulfide) groups is 1. The number of nitrogens with zero attached hydrogens (tertiary/aromatic N) is 4. The number of hydrogen-bond donors (Lipinski definition) is 1. The van der Waals surface area contributed by atoms with Gasteiger partial charge in [0.05, 0.1) is 10.9 Å². The SMILES string of the molecule is Cc1nc(NC(=O)C(C)Sc2nnc(C(C)Oc3ccc(C(C)C)cc3)n2-c2ccccc2)sc1C. The minimum absolute atomic E-state index is 0.132. The van der Waals surface area contributed by atoms with Crippen molar-refractivity contribution in [1.82, 2.24) is 19.7 Å². The van der Waals surface area contributed by atoms with Gasteiger partial charge in [0.25, 0.3) is 0 Å². The van der Waals surface area contributed by atoms with Crippen LogP contribution in [-0.4, -0.2) is 30.9 Å². The maximum atomic E-state index is 12.9. The van der Waals surface area contributed by atoms with Crippen LogP contribution in [-0.2, 0) is 4.79 Å². The topological polar surface area (TPSA) is 81.9 Å². The summed E-state index contributed by atoms with van der Waals surface area (Å²) in [5.74, 6) is 1.76. The van der Waals surface area contributed by atoms with E-state index in [-0.39, 0.29) is 12.0 Å². The predicted octanol–water partition coefficient (Wildman–Crippen LogP) is 6.72. The summed E-state index contributed by atoms with van der Waals surface area (Å²) in [6, 6.07) is 18.0. The maximum absolute atomic E-state index is 12.9. The number of rotatable bonds is 9. The first kappa shape index (κ1) is 25.9. The zero-order valence-electron chi connectivity index (χ0n) is 21.4. The first-order valence-corrected chi connectivity index (χ1v) is 13.6. The Labute approximate surface area is 220 Å². The number of carbonyl (C=O) groups is 1. The fraction of sp³-hybridized carbons (Fsp3) is 0.333. The Kier molecular flexibility index (Phi) is 8.11. The number of aromatic nitrogens is 4. The molecule has 0 aliphatic carbocycles. The fourth-order valence-electron chi connectivity index (χ4n) is 3.57. The fourth-order valence-corrected chi connectivity index (χ4v) is 5.27. The molecule has 9 heteroatoms. The largest absolute Gasteiger partial charge is 0.483 e. The van der Waals surface area contributed by atoms with E-state index in [0.29, 0.717) is 22.0 Å². The Bertz CT molecular complexity index is 1300. The van der Waals surface area contributed by atoms with Crippen LogP contribution in [0.15, 0.2) is 59.8 Å². The number of ether oxygens (including phenoxy) is 1. The van der Waals surface area contributed by atoms with E-state index < -0.39 is 5.25 Å². The number of amides is 1. The highest BCUT2D eigenvalue weighted by Crippen LogP contribution is 2.31. The minimum Gasteiger partial charge on any atom is -0.483 e. The van der Waals surface area contributed by atoms with Crippen LogP contribution in [0.25, 0.3) is 5.69 Å². The molecule has 4 rings (SSSR count). The zero-order chi connectivity index (χ0) is 25.8. The molecular weight excluding hydrogens is 490 g/mol. The normalized spacial score (nSPS) is 13.0. The van der Waals surface area contributed by atoms with Gasteiger partial charge in [-0.3, -0.25) is 9.36 Å². The summed E-state index contributed by atoms with van der Waals surface area (Å²) in [5.41, 5.74) is 3.10. The van der Waals surface area contributed by atoms with Gasteiger partial charge in [-0.2, -0.15) is 0 Å². The lowest BCUT2D eigenvalue weighted by atomic mass is 10.0. The van der Waals surface area contributed by atoms with E-state index in [1.54, 1.807) is 0 Å². The number of benzene rings is 2. The highest BCUT2D eigenvalue weighted by molar-refractivity contribution is 8.00. The molecule has 0 aliphatic heterocycles. The Morgan fingerprint density at radius 2 is 1.69 bits per heavy atom. The molecule has 2 atom stereocenters. The highest BCUT2D eigenvalue weighted by Gasteiger charge is 2.25. The monoisotopic (exact) mass is 521 g/mol. The molecule has 4 aromatic rings. The van der Waals surface area contributed by atoms with Gasteiger partial charge in [-0.05, 0) is 63.4 Å². The number of hydrogen-bond acceptors (Lipinski definition) is 7. The van der Waals surface area contributed by atoms with Gasteiger partial charge in [0.1, 0.15) is 5.75 Å². The lowest BCUT2D eigenvalue weighted by molar-refractivity contribution is -0.115. The van der Waals surface area contributed by atoms with Crippen LogP contribution in [0.4, 0.5) is 5.13 Å². The van der Waals surface area contributed by atoms with Gasteiger partial charge in [-0.25, -0.2) is 4.98 Å². The number of anilines is 1. The first-order chi connectivity index (χ1) is 17.2. The van der Waals surface area contributed by atoms with Crippen molar-refractivity contribution in [2.24, 2.45) is 0 Å². The lowest BCUT2D eigenvalue weighted by Crippen LogP contribution is -2.23. The maximum Gasteiger partial charge on any atom is 0.239 e. The van der Waals surface area contributed by atoms with Gasteiger partial charge in [-0.15, -0.1) is 21.5 Å². The Morgan fingerprint density at radius 1 is 1.00 bits per heavy atom. The molecule has 0 aliphatic rings. The minimum atomic E-state index is -0.408. The quantitative estimate of drug-likeness (QED) is 0.246. The summed E-state index contributed by atoms with van der Waals surface area (Å²) in [6.45, 7) is 12.1. The first-order valence-electron chi connectivity index (χ1n) is 11.9. The van der Waals surface area contributed by atoms with E-state index in [2.05, 4.69) is 46.5 Å². The van der Waals surface area contributed by atoms with Crippen molar-refractivity contribution < 1.29 is 9.53 Å². The lowest BCUT2D eigenvalue weighted by Gasteiger charge is -2.18. The van der Waals surface area contributed by atoms with Crippen molar-refractivity contribution >= 4 is 34.1 Å². The third kappa shape index (κ3) is 5.96. The molecule has 2 unspecified atom stereocenters. The van der Waals surface area contributed by atoms with Gasteiger partial charge in [0.15, 0.2) is 22.2 Å². The number of nitrogens with one attached hydrogen (secondary N) is 1. The molecule has 2 heterocycles. The molecule has 0 radical (unpaired) electrons. The van der Waals surface area contributed by atoms with E-state index in [4.69, 9.17) is 4.74 Å². The van der Waals surface area contributed by atoms with Gasteiger partial charge in [-0.1, -0.05) is 55.9 Å². The van der Waals surface area contributed by atoms with Crippen molar-refractivity contribution in [2.75, 3.05) is 5.32 Å². The summed E-state index contributed by atoms with van der Waals surface area (Å²) in [5, 5.41) is 12.7. The highest BCUT2D eigenvalue weighted by atomic mass is 32.2. The molecule has 1 N–H and O–H groups in total. The van der Waals surface area contributed by atoms with E-state index in [9.17, 15) is 4.79 Å². The smallest absolute Gasteiger partial charge is 0.239 e. The standard InChI is InChI=1S/C27H31N5O2S2/c1-16(2)21-12-14-23(15-13-21)34-18(4)24-30-31-27(32(24)22-10-8-7-9-11-22)36-20(6)25(33)29-26-28-17(3)19(5)35-26/h7-16,18,20H,1-6H3,(H,28,29,33). The Morgan fingerprint density at radius 3 is 2.31 bits per heavy atom. The second-order valence-electron chi connectivity index (χ2n) is 8.91. The zero-order valence-corrected chi connectivity index (χ0v) is 23.0. The molecule has 2 aromatic carbocycles. The molecule has 7 nitrogen and oxygen atoms in total. The number of aryl methyl sites for hydroxylation is 2. The van der Waals surface area contributed by atoms with Gasteiger partial charge < -0.3 is 10.1 Å². The molecule has 188 valence electrons. The Hall–Kier alpha value is -3.17. The molecule has 0 bridgehead atoms. The molecule has 0 saturated heterocycles. The average Bonchev–Trinajstić information content (AvgIpc) is 3.42. The predicted molar refractivity (Wildman–Crippen MR) is 146 cm³/mol. The van der Waals surface area contributed by atoms with Gasteiger partial charge in [0, 0.05) is 10.6 Å². The van der Waals surface area contributed by atoms with E-state index in [0.717, 1.165) is 22.0 Å². The summed E-state index contributed by atoms with van der Waals surface area (Å²) in [4.78, 5) is 18.4. The van der Waals surface area contributed by atoms with Crippen molar-refractivity contribution in [3.8, 4) is 11.4 Å². The third-order valence-corrected chi connectivity index (χ3v) is 7.84. The molecule has 0 saturated carbocycles. The number of para-hydroxylation sites is 1. The second kappa shape index (κ2) is 11.3. The van der Waals surface area contributed by atoms with Crippen LogP contribution in [0.3, 0.4) is 0 Å². The molecule has 1 amide bonds. The van der Waals surface area contributed by atoms with Crippen LogP contribution < -0.4 is 10.1 Å². The number of carbonyl (C=O) groups excluding carboxylic acids is 1. The van der Waals surface area contributed by atoms with Gasteiger partial charge >= 0.3 is 0 Å². The van der Waals surface area contributed by atoms with Crippen molar-refractivity contribution in [2.45, 2.75) is 64.0 Å².